The number of nitrogens with two attached hydrogens (primary N) is 1. The first-order valence-corrected chi connectivity index (χ1v) is 2.97. The van der Waals surface area contributed by atoms with Gasteiger partial charge in [-0.25, -0.2) is 0 Å². The number of H-pyrrole nitrogens is 1. The predicted octanol–water partition coefficient (Wildman–Crippen LogP) is 0.945. The first kappa shape index (κ1) is 5.29. The quantitative estimate of drug-likeness (QED) is 0.524. The number of anilines is 1. The first-order valence-electron chi connectivity index (χ1n) is 2.97. The van der Waals surface area contributed by atoms with Crippen molar-refractivity contribution >= 4 is 16.6 Å². The van der Waals surface area contributed by atoms with Crippen molar-refractivity contribution in [1.29, 1.82) is 0 Å². The Morgan fingerprint density at radius 2 is 2.40 bits per heavy atom. The average molecular weight is 132 g/mol. The van der Waals surface area contributed by atoms with Gasteiger partial charge in [0.1, 0.15) is 6.20 Å². The number of rotatable bonds is 0. The van der Waals surface area contributed by atoms with Crippen LogP contribution in [-0.2, 0) is 0 Å². The Morgan fingerprint density at radius 3 is 3.30 bits per heavy atom. The summed E-state index contributed by atoms with van der Waals surface area (Å²) in [5, 5.41) is 7.45. The lowest BCUT2D eigenvalue weighted by Crippen LogP contribution is -1.81. The number of fused-ring (bicyclic) bond motifs is 1. The molecule has 0 bridgehead atoms. The van der Waals surface area contributed by atoms with E-state index in [4.69, 9.17) is 5.73 Å². The van der Waals surface area contributed by atoms with E-state index in [0.29, 0.717) is 0 Å². The molecule has 0 fully saturated rings. The first-order chi connectivity index (χ1) is 4.86. The van der Waals surface area contributed by atoms with Gasteiger partial charge in [0.2, 0.25) is 0 Å². The lowest BCUT2D eigenvalue weighted by atomic mass is 10.2. The molecule has 2 rings (SSSR count). The molecule has 49 valence electrons. The Balaban J connectivity index is 2.86. The predicted molar refractivity (Wildman–Crippen MR) is 39.3 cm³/mol. The third-order valence-corrected chi connectivity index (χ3v) is 1.40. The fraction of sp³-hybridized carbons (Fsp3) is 0. The summed E-state index contributed by atoms with van der Waals surface area (Å²) in [6, 6.07) is 5.54. The van der Waals surface area contributed by atoms with Crippen LogP contribution in [0.5, 0.6) is 0 Å². The van der Waals surface area contributed by atoms with Crippen molar-refractivity contribution < 1.29 is 0 Å². The van der Waals surface area contributed by atoms with Gasteiger partial charge in [-0.05, 0) is 18.2 Å². The monoisotopic (exact) mass is 132 g/mol. The molecule has 0 atom stereocenters. The maximum atomic E-state index is 5.52. The van der Waals surface area contributed by atoms with E-state index < -0.39 is 0 Å². The van der Waals surface area contributed by atoms with Gasteiger partial charge in [-0.2, -0.15) is 5.10 Å². The van der Waals surface area contributed by atoms with Crippen LogP contribution in [0.3, 0.4) is 0 Å². The molecule has 3 N–H and O–H groups in total. The Morgan fingerprint density at radius 1 is 1.50 bits per heavy atom. The van der Waals surface area contributed by atoms with Crippen LogP contribution in [-0.4, -0.2) is 10.2 Å². The summed E-state index contributed by atoms with van der Waals surface area (Å²) < 4.78 is 0. The normalized spacial score (nSPS) is 10.4. The molecule has 0 aliphatic carbocycles. The molecule has 1 aromatic heterocycles. The van der Waals surface area contributed by atoms with Crippen LogP contribution >= 0.6 is 0 Å². The highest BCUT2D eigenvalue weighted by Crippen LogP contribution is 2.12. The molecule has 2 aromatic rings. The van der Waals surface area contributed by atoms with Crippen molar-refractivity contribution in [2.45, 2.75) is 0 Å². The van der Waals surface area contributed by atoms with Crippen molar-refractivity contribution in [3.63, 3.8) is 0 Å². The van der Waals surface area contributed by atoms with Gasteiger partial charge in [0, 0.05) is 11.1 Å². The molecule has 3 heteroatoms. The molecule has 0 unspecified atom stereocenters. The van der Waals surface area contributed by atoms with E-state index in [2.05, 4.69) is 16.4 Å². The number of nitrogens with one attached hydrogen (secondary N) is 1. The van der Waals surface area contributed by atoms with E-state index in [-0.39, 0.29) is 0 Å². The SMILES string of the molecule is Nc1ccc2[nH]n[c]c2c1. The van der Waals surface area contributed by atoms with Gasteiger partial charge in [0.05, 0.1) is 5.52 Å². The van der Waals surface area contributed by atoms with Crippen LogP contribution in [0.4, 0.5) is 5.69 Å². The number of aromatic amines is 1. The van der Waals surface area contributed by atoms with Gasteiger partial charge < -0.3 is 5.73 Å². The highest BCUT2D eigenvalue weighted by Gasteiger charge is 1.93. The summed E-state index contributed by atoms with van der Waals surface area (Å²) in [7, 11) is 0. The minimum atomic E-state index is 0.741. The summed E-state index contributed by atoms with van der Waals surface area (Å²) >= 11 is 0. The fourth-order valence-corrected chi connectivity index (χ4v) is 0.900. The van der Waals surface area contributed by atoms with Crippen molar-refractivity contribution in [2.24, 2.45) is 0 Å². The van der Waals surface area contributed by atoms with E-state index >= 15 is 0 Å². The highest BCUT2D eigenvalue weighted by atomic mass is 15.1. The number of hydrogen-bond acceptors (Lipinski definition) is 2. The smallest absolute Gasteiger partial charge is 0.121 e. The number of benzene rings is 1. The molecule has 0 spiro atoms. The molecular weight excluding hydrogens is 126 g/mol. The zero-order valence-electron chi connectivity index (χ0n) is 5.26. The summed E-state index contributed by atoms with van der Waals surface area (Å²) in [5.41, 5.74) is 7.23. The largest absolute Gasteiger partial charge is 0.399 e. The maximum Gasteiger partial charge on any atom is 0.121 e. The molecule has 0 saturated heterocycles. The van der Waals surface area contributed by atoms with Crippen molar-refractivity contribution in [3.8, 4) is 0 Å². The van der Waals surface area contributed by atoms with Crippen LogP contribution in [0.2, 0.25) is 0 Å². The van der Waals surface area contributed by atoms with Crippen LogP contribution < -0.4 is 5.73 Å². The Labute approximate surface area is 57.9 Å². The number of nitrogen functional groups attached to an aromatic ring is 1. The molecular formula is C7H6N3. The second-order valence-corrected chi connectivity index (χ2v) is 2.14. The van der Waals surface area contributed by atoms with E-state index in [1.807, 2.05) is 18.2 Å². The summed E-state index contributed by atoms with van der Waals surface area (Å²) in [6.45, 7) is 0. The van der Waals surface area contributed by atoms with Crippen LogP contribution in [0.25, 0.3) is 10.9 Å². The highest BCUT2D eigenvalue weighted by molar-refractivity contribution is 5.80. The van der Waals surface area contributed by atoms with Crippen LogP contribution in [0, 0.1) is 6.20 Å². The van der Waals surface area contributed by atoms with Gasteiger partial charge >= 0.3 is 0 Å². The lowest BCUT2D eigenvalue weighted by molar-refractivity contribution is 1.11. The molecule has 0 aliphatic rings. The van der Waals surface area contributed by atoms with Gasteiger partial charge in [0.15, 0.2) is 0 Å². The number of aromatic nitrogens is 2. The third-order valence-electron chi connectivity index (χ3n) is 1.40. The molecule has 1 radical (unpaired) electrons. The van der Waals surface area contributed by atoms with Crippen molar-refractivity contribution in [1.82, 2.24) is 10.2 Å². The van der Waals surface area contributed by atoms with Gasteiger partial charge in [-0.1, -0.05) is 0 Å². The molecule has 0 aliphatic heterocycles. The van der Waals surface area contributed by atoms with E-state index in [1.54, 1.807) is 0 Å². The molecule has 0 amide bonds. The van der Waals surface area contributed by atoms with Crippen LogP contribution in [0.1, 0.15) is 0 Å². The standard InChI is InChI=1S/C7H6N3/c8-6-1-2-7-5(3-6)4-9-10-7/h1-3H,8H2,(H,9,10). The minimum absolute atomic E-state index is 0.741. The fourth-order valence-electron chi connectivity index (χ4n) is 0.900. The average Bonchev–Trinajstić information content (AvgIpc) is 2.33. The summed E-state index contributed by atoms with van der Waals surface area (Å²) in [4.78, 5) is 0. The minimum Gasteiger partial charge on any atom is -0.399 e. The molecule has 1 aromatic carbocycles. The van der Waals surface area contributed by atoms with Gasteiger partial charge in [-0.3, -0.25) is 5.10 Å². The maximum absolute atomic E-state index is 5.52. The zero-order chi connectivity index (χ0) is 6.97. The van der Waals surface area contributed by atoms with Crippen molar-refractivity contribution in [2.75, 3.05) is 5.73 Å². The Kier molecular flexibility index (Phi) is 0.917. The summed E-state index contributed by atoms with van der Waals surface area (Å²) in [5.74, 6) is 0. The Bertz CT molecular complexity index is 350. The van der Waals surface area contributed by atoms with Crippen molar-refractivity contribution in [3.05, 3.63) is 24.4 Å². The topological polar surface area (TPSA) is 54.7 Å². The number of nitrogens with zero attached hydrogens (tertiary/aromatic N) is 1. The van der Waals surface area contributed by atoms with Gasteiger partial charge in [0.25, 0.3) is 0 Å². The second-order valence-electron chi connectivity index (χ2n) is 2.14. The number of hydrogen-bond donors (Lipinski definition) is 2. The zero-order valence-corrected chi connectivity index (χ0v) is 5.26. The van der Waals surface area contributed by atoms with Gasteiger partial charge in [-0.15, -0.1) is 0 Å². The lowest BCUT2D eigenvalue weighted by Gasteiger charge is -1.89. The molecule has 0 saturated carbocycles. The third kappa shape index (κ3) is 0.639. The Hall–Kier alpha value is -1.51. The summed E-state index contributed by atoms with van der Waals surface area (Å²) in [6.07, 6.45) is 2.77. The van der Waals surface area contributed by atoms with E-state index in [0.717, 1.165) is 16.6 Å². The molecule has 3 nitrogen and oxygen atoms in total. The van der Waals surface area contributed by atoms with E-state index in [1.165, 1.54) is 0 Å². The second kappa shape index (κ2) is 1.73. The molecule has 10 heavy (non-hydrogen) atoms. The van der Waals surface area contributed by atoms with Crippen LogP contribution in [0.15, 0.2) is 18.2 Å². The molecule has 1 heterocycles. The van der Waals surface area contributed by atoms with E-state index in [9.17, 15) is 0 Å².